The van der Waals surface area contributed by atoms with E-state index in [-0.39, 0.29) is 17.6 Å². The van der Waals surface area contributed by atoms with Crippen molar-refractivity contribution in [1.29, 1.82) is 0 Å². The van der Waals surface area contributed by atoms with Gasteiger partial charge in [-0.15, -0.1) is 0 Å². The van der Waals surface area contributed by atoms with Crippen LogP contribution in [0.25, 0.3) is 11.3 Å². The van der Waals surface area contributed by atoms with E-state index in [1.165, 1.54) is 30.2 Å². The highest BCUT2D eigenvalue weighted by Crippen LogP contribution is 2.31. The van der Waals surface area contributed by atoms with Crippen LogP contribution in [0, 0.1) is 33.5 Å². The van der Waals surface area contributed by atoms with Gasteiger partial charge in [-0.1, -0.05) is 36.2 Å². The molecule has 1 aromatic heterocycles. The maximum atomic E-state index is 15.1. The Labute approximate surface area is 275 Å². The van der Waals surface area contributed by atoms with E-state index in [2.05, 4.69) is 29.0 Å². The summed E-state index contributed by atoms with van der Waals surface area (Å²) < 4.78 is 26.6. The molecule has 0 bridgehead atoms. The van der Waals surface area contributed by atoms with Gasteiger partial charge in [0, 0.05) is 42.0 Å². The van der Waals surface area contributed by atoms with Crippen molar-refractivity contribution < 1.29 is 18.7 Å². The van der Waals surface area contributed by atoms with Crippen LogP contribution in [0.4, 0.5) is 26.5 Å². The highest BCUT2D eigenvalue weighted by Gasteiger charge is 2.19. The van der Waals surface area contributed by atoms with E-state index in [4.69, 9.17) is 26.1 Å². The molecule has 4 aromatic rings. The van der Waals surface area contributed by atoms with Gasteiger partial charge in [0.05, 0.1) is 18.0 Å². The molecule has 2 heterocycles. The lowest BCUT2D eigenvalue weighted by Gasteiger charge is -2.26. The summed E-state index contributed by atoms with van der Waals surface area (Å²) in [7, 11) is 1.61. The third-order valence-electron chi connectivity index (χ3n) is 8.55. The average molecular weight is 646 g/mol. The molecule has 1 aliphatic rings. The number of anilines is 3. The summed E-state index contributed by atoms with van der Waals surface area (Å²) in [5.41, 5.74) is 6.65. The van der Waals surface area contributed by atoms with Gasteiger partial charge in [-0.3, -0.25) is 4.90 Å². The first-order valence-corrected chi connectivity index (χ1v) is 16.1. The van der Waals surface area contributed by atoms with Crippen molar-refractivity contribution in [2.75, 3.05) is 43.5 Å². The van der Waals surface area contributed by atoms with E-state index in [9.17, 15) is 4.79 Å². The lowest BCUT2D eigenvalue weighted by molar-refractivity contribution is 0.203. The lowest BCUT2D eigenvalue weighted by atomic mass is 9.97. The molecule has 3 aromatic carbocycles. The van der Waals surface area contributed by atoms with Gasteiger partial charge in [-0.05, 0) is 107 Å². The molecule has 46 heavy (non-hydrogen) atoms. The Bertz CT molecular complexity index is 1710. The second-order valence-corrected chi connectivity index (χ2v) is 12.3. The number of hydrogen-bond acceptors (Lipinski definition) is 7. The van der Waals surface area contributed by atoms with Crippen molar-refractivity contribution in [2.45, 2.75) is 53.4 Å². The van der Waals surface area contributed by atoms with Gasteiger partial charge in [0.1, 0.15) is 0 Å². The standard InChI is InChI=1S/C36H41ClFN5O3/c1-23-11-14-29(26(4)25(23)3)31-22-34(46-36(44)42(5)32-20-27(37)12-10-24(32)2)41-35(40-31)39-28-13-15-33(30(38)21-28)45-19-9-18-43-16-7-6-8-17-43/h10-15,20-22H,6-9,16-19H2,1-5H3,(H,39,40,41). The van der Waals surface area contributed by atoms with Crippen LogP contribution in [0.1, 0.15) is 47.9 Å². The van der Waals surface area contributed by atoms with Crippen LogP contribution in [0.15, 0.2) is 54.6 Å². The Morgan fingerprint density at radius 3 is 2.48 bits per heavy atom. The van der Waals surface area contributed by atoms with Crippen molar-refractivity contribution in [1.82, 2.24) is 14.9 Å². The fourth-order valence-corrected chi connectivity index (χ4v) is 5.75. The van der Waals surface area contributed by atoms with Crippen molar-refractivity contribution in [3.8, 4) is 22.9 Å². The number of amides is 1. The molecule has 1 aliphatic heterocycles. The average Bonchev–Trinajstić information content (AvgIpc) is 3.04. The smallest absolute Gasteiger partial charge is 0.420 e. The van der Waals surface area contributed by atoms with Crippen LogP contribution in [-0.2, 0) is 0 Å². The van der Waals surface area contributed by atoms with Crippen LogP contribution in [-0.4, -0.2) is 54.2 Å². The Morgan fingerprint density at radius 2 is 1.72 bits per heavy atom. The number of halogens is 2. The normalized spacial score (nSPS) is 13.4. The number of carbonyl (C=O) groups is 1. The molecule has 0 radical (unpaired) electrons. The van der Waals surface area contributed by atoms with Crippen LogP contribution in [0.2, 0.25) is 5.02 Å². The molecule has 1 N–H and O–H groups in total. The van der Waals surface area contributed by atoms with E-state index in [0.717, 1.165) is 53.9 Å². The highest BCUT2D eigenvalue weighted by molar-refractivity contribution is 6.31. The molecule has 1 amide bonds. The molecule has 8 nitrogen and oxygen atoms in total. The maximum Gasteiger partial charge on any atom is 0.420 e. The fraction of sp³-hybridized carbons (Fsp3) is 0.361. The van der Waals surface area contributed by atoms with Gasteiger partial charge < -0.3 is 19.7 Å². The van der Waals surface area contributed by atoms with Crippen molar-refractivity contribution in [2.24, 2.45) is 0 Å². The number of aromatic nitrogens is 2. The van der Waals surface area contributed by atoms with Gasteiger partial charge in [0.15, 0.2) is 11.6 Å². The first-order valence-electron chi connectivity index (χ1n) is 15.7. The topological polar surface area (TPSA) is 79.8 Å². The van der Waals surface area contributed by atoms with E-state index in [1.807, 2.05) is 32.0 Å². The number of benzene rings is 3. The predicted octanol–water partition coefficient (Wildman–Crippen LogP) is 8.80. The number of likely N-dealkylation sites (tertiary alicyclic amines) is 1. The summed E-state index contributed by atoms with van der Waals surface area (Å²) in [4.78, 5) is 26.2. The Kier molecular flexibility index (Phi) is 10.8. The molecule has 1 fully saturated rings. The summed E-state index contributed by atoms with van der Waals surface area (Å²) in [6, 6.07) is 15.6. The zero-order valence-electron chi connectivity index (χ0n) is 27.1. The van der Waals surface area contributed by atoms with Crippen molar-refractivity contribution >= 4 is 35.0 Å². The van der Waals surface area contributed by atoms with Crippen molar-refractivity contribution in [3.63, 3.8) is 0 Å². The molecule has 10 heteroatoms. The molecule has 0 aliphatic carbocycles. The van der Waals surface area contributed by atoms with Gasteiger partial charge in [0.25, 0.3) is 0 Å². The number of aryl methyl sites for hydroxylation is 2. The first kappa shape index (κ1) is 33.2. The van der Waals surface area contributed by atoms with Crippen LogP contribution in [0.5, 0.6) is 11.6 Å². The fourth-order valence-electron chi connectivity index (χ4n) is 5.58. The summed E-state index contributed by atoms with van der Waals surface area (Å²) in [6.07, 6.45) is 3.97. The quantitative estimate of drug-likeness (QED) is 0.173. The Hall–Kier alpha value is -4.21. The number of nitrogens with zero attached hydrogens (tertiary/aromatic N) is 4. The van der Waals surface area contributed by atoms with E-state index < -0.39 is 11.9 Å². The molecule has 0 unspecified atom stereocenters. The monoisotopic (exact) mass is 645 g/mol. The lowest BCUT2D eigenvalue weighted by Crippen LogP contribution is -2.31. The number of hydrogen-bond donors (Lipinski definition) is 1. The number of ether oxygens (including phenoxy) is 2. The summed E-state index contributed by atoms with van der Waals surface area (Å²) in [5, 5.41) is 3.58. The minimum Gasteiger partial charge on any atom is -0.490 e. The summed E-state index contributed by atoms with van der Waals surface area (Å²) >= 11 is 6.19. The molecule has 242 valence electrons. The number of nitrogens with one attached hydrogen (secondary N) is 1. The third kappa shape index (κ3) is 8.13. The molecular weight excluding hydrogens is 605 g/mol. The molecule has 0 atom stereocenters. The van der Waals surface area contributed by atoms with Gasteiger partial charge in [0.2, 0.25) is 11.8 Å². The Morgan fingerprint density at radius 1 is 0.957 bits per heavy atom. The van der Waals surface area contributed by atoms with E-state index in [0.29, 0.717) is 28.7 Å². The highest BCUT2D eigenvalue weighted by atomic mass is 35.5. The van der Waals surface area contributed by atoms with Crippen LogP contribution >= 0.6 is 11.6 Å². The first-order chi connectivity index (χ1) is 22.1. The van der Waals surface area contributed by atoms with Gasteiger partial charge in [-0.2, -0.15) is 4.98 Å². The van der Waals surface area contributed by atoms with Gasteiger partial charge >= 0.3 is 6.09 Å². The van der Waals surface area contributed by atoms with E-state index in [1.54, 1.807) is 37.4 Å². The summed E-state index contributed by atoms with van der Waals surface area (Å²) in [6.45, 7) is 11.7. The minimum absolute atomic E-state index is 0.0378. The van der Waals surface area contributed by atoms with Crippen LogP contribution in [0.3, 0.4) is 0 Å². The zero-order chi connectivity index (χ0) is 32.8. The second-order valence-electron chi connectivity index (χ2n) is 11.8. The predicted molar refractivity (Wildman–Crippen MR) is 182 cm³/mol. The SMILES string of the molecule is Cc1ccc(Cl)cc1N(C)C(=O)Oc1cc(-c2ccc(C)c(C)c2C)nc(Nc2ccc(OCCCN3CCCCC3)c(F)c2)n1. The largest absolute Gasteiger partial charge is 0.490 e. The van der Waals surface area contributed by atoms with E-state index >= 15 is 4.39 Å². The minimum atomic E-state index is -0.648. The number of carbonyl (C=O) groups excluding carboxylic acids is 1. The molecule has 5 rings (SSSR count). The number of rotatable bonds is 10. The maximum absolute atomic E-state index is 15.1. The molecule has 1 saturated heterocycles. The Balaban J connectivity index is 1.36. The molecule has 0 saturated carbocycles. The van der Waals surface area contributed by atoms with Gasteiger partial charge in [-0.25, -0.2) is 14.2 Å². The third-order valence-corrected chi connectivity index (χ3v) is 8.78. The summed E-state index contributed by atoms with van der Waals surface area (Å²) in [5.74, 6) is -0.113. The second kappa shape index (κ2) is 14.9. The van der Waals surface area contributed by atoms with Crippen LogP contribution < -0.4 is 19.7 Å². The molecular formula is C36H41ClFN5O3. The zero-order valence-corrected chi connectivity index (χ0v) is 27.9. The van der Waals surface area contributed by atoms with Crippen molar-refractivity contribution in [3.05, 3.63) is 87.7 Å². The number of piperidine rings is 1. The molecule has 0 spiro atoms.